The minimum atomic E-state index is -0.0358. The number of thiocarbonyl (C=S) groups is 1. The number of anilines is 1. The largest absolute Gasteiger partial charge is 0.454 e. The van der Waals surface area contributed by atoms with Crippen LogP contribution in [0.1, 0.15) is 17.5 Å². The number of amides is 1. The highest BCUT2D eigenvalue weighted by Crippen LogP contribution is 2.32. The Morgan fingerprint density at radius 2 is 1.96 bits per heavy atom. The fourth-order valence-corrected chi connectivity index (χ4v) is 3.56. The highest BCUT2D eigenvalue weighted by molar-refractivity contribution is 7.80. The van der Waals surface area contributed by atoms with Gasteiger partial charge in [0.2, 0.25) is 12.7 Å². The predicted molar refractivity (Wildman–Crippen MR) is 107 cm³/mol. The minimum Gasteiger partial charge on any atom is -0.454 e. The molecule has 1 saturated heterocycles. The molecule has 0 bridgehead atoms. The molecule has 2 aromatic carbocycles. The molecule has 7 nitrogen and oxygen atoms in total. The van der Waals surface area contributed by atoms with Gasteiger partial charge in [0.15, 0.2) is 16.6 Å². The van der Waals surface area contributed by atoms with Crippen LogP contribution in [0.4, 0.5) is 5.69 Å². The lowest BCUT2D eigenvalue weighted by molar-refractivity contribution is -0.137. The number of benzene rings is 2. The second-order valence-corrected chi connectivity index (χ2v) is 6.87. The average molecular weight is 394 g/mol. The standard InChI is InChI=1S/C20H18N4O3S/c21-12-15-3-1-4-16(9-15)22-20(28)24-8-2-7-23(24)19(25)11-14-5-6-17-18(10-14)27-13-26-17/h1,3-6,9-10H,2,7-8,11,13H2,(H,22,28). The van der Waals surface area contributed by atoms with Crippen LogP contribution in [0.15, 0.2) is 42.5 Å². The van der Waals surface area contributed by atoms with Crippen molar-refractivity contribution in [1.82, 2.24) is 10.0 Å². The number of nitrogens with one attached hydrogen (secondary N) is 1. The van der Waals surface area contributed by atoms with Gasteiger partial charge in [-0.2, -0.15) is 5.26 Å². The quantitative estimate of drug-likeness (QED) is 0.802. The molecule has 0 aliphatic carbocycles. The maximum Gasteiger partial charge on any atom is 0.245 e. The lowest BCUT2D eigenvalue weighted by atomic mass is 10.1. The Morgan fingerprint density at radius 3 is 2.82 bits per heavy atom. The maximum atomic E-state index is 12.9. The Bertz CT molecular complexity index is 972. The van der Waals surface area contributed by atoms with Gasteiger partial charge in [-0.25, -0.2) is 0 Å². The van der Waals surface area contributed by atoms with E-state index in [9.17, 15) is 4.79 Å². The summed E-state index contributed by atoms with van der Waals surface area (Å²) >= 11 is 5.50. The third-order valence-corrected chi connectivity index (χ3v) is 4.90. The third-order valence-electron chi connectivity index (χ3n) is 4.59. The molecule has 0 atom stereocenters. The summed E-state index contributed by atoms with van der Waals surface area (Å²) in [6, 6.07) is 14.7. The zero-order valence-corrected chi connectivity index (χ0v) is 15.9. The Kier molecular flexibility index (Phi) is 5.00. The Hall–Kier alpha value is -3.31. The molecular weight excluding hydrogens is 376 g/mol. The Labute approximate surface area is 168 Å². The highest BCUT2D eigenvalue weighted by atomic mass is 32.1. The SMILES string of the molecule is N#Cc1cccc(NC(=S)N2CCCN2C(=O)Cc2ccc3c(c2)OCO3)c1. The van der Waals surface area contributed by atoms with Crippen molar-refractivity contribution >= 4 is 28.9 Å². The monoisotopic (exact) mass is 394 g/mol. The Morgan fingerprint density at radius 1 is 1.14 bits per heavy atom. The van der Waals surface area contributed by atoms with Crippen molar-refractivity contribution < 1.29 is 14.3 Å². The van der Waals surface area contributed by atoms with Crippen LogP contribution in [-0.2, 0) is 11.2 Å². The van der Waals surface area contributed by atoms with E-state index in [1.54, 1.807) is 28.2 Å². The molecule has 2 aromatic rings. The Balaban J connectivity index is 1.43. The van der Waals surface area contributed by atoms with Crippen LogP contribution in [0.2, 0.25) is 0 Å². The summed E-state index contributed by atoms with van der Waals surface area (Å²) in [4.78, 5) is 12.9. The van der Waals surface area contributed by atoms with Crippen LogP contribution in [0.5, 0.6) is 11.5 Å². The van der Waals surface area contributed by atoms with E-state index in [2.05, 4.69) is 11.4 Å². The number of carbonyl (C=O) groups excluding carboxylic acids is 1. The molecule has 4 rings (SSSR count). The molecule has 2 aliphatic heterocycles. The van der Waals surface area contributed by atoms with E-state index >= 15 is 0 Å². The van der Waals surface area contributed by atoms with Crippen LogP contribution < -0.4 is 14.8 Å². The highest BCUT2D eigenvalue weighted by Gasteiger charge is 2.29. The summed E-state index contributed by atoms with van der Waals surface area (Å²) in [5.41, 5.74) is 2.13. The van der Waals surface area contributed by atoms with Crippen molar-refractivity contribution in [2.45, 2.75) is 12.8 Å². The molecule has 2 heterocycles. The van der Waals surface area contributed by atoms with Crippen molar-refractivity contribution in [2.75, 3.05) is 25.2 Å². The fourth-order valence-electron chi connectivity index (χ4n) is 3.25. The number of hydrogen-bond donors (Lipinski definition) is 1. The summed E-state index contributed by atoms with van der Waals surface area (Å²) in [7, 11) is 0. The van der Waals surface area contributed by atoms with Gasteiger partial charge in [-0.05, 0) is 54.5 Å². The second kappa shape index (κ2) is 7.74. The molecule has 1 amide bonds. The van der Waals surface area contributed by atoms with E-state index in [-0.39, 0.29) is 19.1 Å². The number of nitriles is 1. The zero-order valence-electron chi connectivity index (χ0n) is 15.1. The number of ether oxygens (including phenoxy) is 2. The van der Waals surface area contributed by atoms with Gasteiger partial charge >= 0.3 is 0 Å². The molecular formula is C20H18N4O3S. The molecule has 28 heavy (non-hydrogen) atoms. The molecule has 0 saturated carbocycles. The molecule has 2 aliphatic rings. The van der Waals surface area contributed by atoms with Crippen molar-refractivity contribution in [2.24, 2.45) is 0 Å². The number of hydrogen-bond acceptors (Lipinski definition) is 5. The van der Waals surface area contributed by atoms with Crippen LogP contribution in [-0.4, -0.2) is 40.9 Å². The molecule has 1 fully saturated rings. The van der Waals surface area contributed by atoms with Crippen LogP contribution in [0.25, 0.3) is 0 Å². The summed E-state index contributed by atoms with van der Waals surface area (Å²) in [6.45, 7) is 1.49. The summed E-state index contributed by atoms with van der Waals surface area (Å²) in [5.74, 6) is 1.33. The van der Waals surface area contributed by atoms with Gasteiger partial charge in [0.05, 0.1) is 18.1 Å². The van der Waals surface area contributed by atoms with Crippen LogP contribution >= 0.6 is 12.2 Å². The van der Waals surface area contributed by atoms with Gasteiger partial charge in [0.25, 0.3) is 0 Å². The number of rotatable bonds is 3. The molecule has 0 radical (unpaired) electrons. The molecule has 0 unspecified atom stereocenters. The second-order valence-electron chi connectivity index (χ2n) is 6.48. The molecule has 0 spiro atoms. The fraction of sp³-hybridized carbons (Fsp3) is 0.250. The van der Waals surface area contributed by atoms with Gasteiger partial charge in [0.1, 0.15) is 0 Å². The van der Waals surface area contributed by atoms with E-state index in [1.165, 1.54) is 0 Å². The predicted octanol–water partition coefficient (Wildman–Crippen LogP) is 2.68. The normalized spacial score (nSPS) is 14.7. The van der Waals surface area contributed by atoms with Crippen molar-refractivity contribution in [3.05, 3.63) is 53.6 Å². The zero-order chi connectivity index (χ0) is 19.5. The first-order chi connectivity index (χ1) is 13.6. The van der Waals surface area contributed by atoms with E-state index < -0.39 is 0 Å². The third kappa shape index (κ3) is 3.70. The number of carbonyl (C=O) groups is 1. The first kappa shape index (κ1) is 18.1. The van der Waals surface area contributed by atoms with Gasteiger partial charge < -0.3 is 14.8 Å². The van der Waals surface area contributed by atoms with Crippen LogP contribution in [0, 0.1) is 11.3 Å². The molecule has 0 aromatic heterocycles. The lowest BCUT2D eigenvalue weighted by Gasteiger charge is -2.30. The molecule has 1 N–H and O–H groups in total. The minimum absolute atomic E-state index is 0.0358. The van der Waals surface area contributed by atoms with E-state index in [4.69, 9.17) is 27.0 Å². The van der Waals surface area contributed by atoms with Gasteiger partial charge in [0, 0.05) is 18.8 Å². The number of hydrazine groups is 1. The van der Waals surface area contributed by atoms with Crippen molar-refractivity contribution in [1.29, 1.82) is 5.26 Å². The van der Waals surface area contributed by atoms with Crippen LogP contribution in [0.3, 0.4) is 0 Å². The first-order valence-corrected chi connectivity index (χ1v) is 9.32. The van der Waals surface area contributed by atoms with E-state index in [1.807, 2.05) is 24.3 Å². The molecule has 8 heteroatoms. The van der Waals surface area contributed by atoms with E-state index in [0.717, 1.165) is 17.7 Å². The van der Waals surface area contributed by atoms with Crippen molar-refractivity contribution in [3.63, 3.8) is 0 Å². The van der Waals surface area contributed by atoms with Crippen molar-refractivity contribution in [3.8, 4) is 17.6 Å². The summed E-state index contributed by atoms with van der Waals surface area (Å²) < 4.78 is 10.7. The summed E-state index contributed by atoms with van der Waals surface area (Å²) in [5, 5.41) is 16.0. The van der Waals surface area contributed by atoms with Gasteiger partial charge in [-0.3, -0.25) is 14.8 Å². The topological polar surface area (TPSA) is 77.8 Å². The van der Waals surface area contributed by atoms with E-state index in [0.29, 0.717) is 35.3 Å². The smallest absolute Gasteiger partial charge is 0.245 e. The number of fused-ring (bicyclic) bond motifs is 1. The lowest BCUT2D eigenvalue weighted by Crippen LogP contribution is -2.47. The first-order valence-electron chi connectivity index (χ1n) is 8.91. The molecule has 142 valence electrons. The summed E-state index contributed by atoms with van der Waals surface area (Å²) in [6.07, 6.45) is 1.09. The van der Waals surface area contributed by atoms with Gasteiger partial charge in [-0.1, -0.05) is 12.1 Å². The maximum absolute atomic E-state index is 12.9. The number of nitrogens with zero attached hydrogens (tertiary/aromatic N) is 3. The van der Waals surface area contributed by atoms with Gasteiger partial charge in [-0.15, -0.1) is 0 Å². The average Bonchev–Trinajstić information content (AvgIpc) is 3.37.